The van der Waals surface area contributed by atoms with E-state index in [-0.39, 0.29) is 5.97 Å². The highest BCUT2D eigenvalue weighted by Gasteiger charge is 2.19. The van der Waals surface area contributed by atoms with Gasteiger partial charge in [0.15, 0.2) is 17.6 Å². The van der Waals surface area contributed by atoms with Crippen molar-refractivity contribution >= 4 is 11.9 Å². The molecule has 0 fully saturated rings. The maximum Gasteiger partial charge on any atom is 0.337 e. The zero-order valence-corrected chi connectivity index (χ0v) is 21.5. The van der Waals surface area contributed by atoms with Crippen LogP contribution in [-0.2, 0) is 25.4 Å². The minimum absolute atomic E-state index is 0.356. The molecule has 3 aromatic rings. The highest BCUT2D eigenvalue weighted by Crippen LogP contribution is 2.29. The van der Waals surface area contributed by atoms with Crippen LogP contribution < -0.4 is 14.2 Å². The first-order chi connectivity index (χ1) is 18.0. The molecular formula is C29H32O8. The number of esters is 2. The predicted molar refractivity (Wildman–Crippen MR) is 138 cm³/mol. The van der Waals surface area contributed by atoms with Crippen LogP contribution in [0.15, 0.2) is 66.7 Å². The lowest BCUT2D eigenvalue weighted by Crippen LogP contribution is -2.26. The number of carbonyl (C=O) groups excluding carboxylic acids is 2. The van der Waals surface area contributed by atoms with Crippen molar-refractivity contribution in [3.8, 4) is 28.4 Å². The van der Waals surface area contributed by atoms with Crippen LogP contribution in [0, 0.1) is 0 Å². The first kappa shape index (κ1) is 27.5. The van der Waals surface area contributed by atoms with E-state index in [0.717, 1.165) is 22.4 Å². The lowest BCUT2D eigenvalue weighted by atomic mass is 10.0. The summed E-state index contributed by atoms with van der Waals surface area (Å²) in [5.41, 5.74) is 3.40. The van der Waals surface area contributed by atoms with Crippen molar-refractivity contribution in [2.45, 2.75) is 18.9 Å². The molecular weight excluding hydrogens is 476 g/mol. The molecule has 0 radical (unpaired) electrons. The van der Waals surface area contributed by atoms with Crippen LogP contribution in [-0.4, -0.2) is 59.7 Å². The standard InChI is InChI=1S/C29H32O8/c1-32-26-18-20(19-27(33-2)29(31)35-4)6-15-25(26)37-17-5-16-36-24-13-11-22(12-14-24)21-7-9-23(10-8-21)28(30)34-3/h6-15,18,27H,5,16-17,19H2,1-4H3. The zero-order chi connectivity index (χ0) is 26.6. The molecule has 0 heterocycles. The molecule has 1 unspecified atom stereocenters. The van der Waals surface area contributed by atoms with Gasteiger partial charge in [-0.2, -0.15) is 0 Å². The fourth-order valence-corrected chi connectivity index (χ4v) is 3.66. The van der Waals surface area contributed by atoms with Crippen molar-refractivity contribution in [3.05, 3.63) is 77.9 Å². The minimum Gasteiger partial charge on any atom is -0.493 e. The van der Waals surface area contributed by atoms with Crippen molar-refractivity contribution in [2.75, 3.05) is 41.7 Å². The van der Waals surface area contributed by atoms with Gasteiger partial charge >= 0.3 is 11.9 Å². The van der Waals surface area contributed by atoms with E-state index in [2.05, 4.69) is 0 Å². The second-order valence-electron chi connectivity index (χ2n) is 8.08. The van der Waals surface area contributed by atoms with E-state index < -0.39 is 12.1 Å². The van der Waals surface area contributed by atoms with Crippen LogP contribution in [0.25, 0.3) is 11.1 Å². The number of ether oxygens (including phenoxy) is 6. The SMILES string of the molecule is COC(=O)c1ccc(-c2ccc(OCCCOc3ccc(CC(OC)C(=O)OC)cc3OC)cc2)cc1. The quantitative estimate of drug-likeness (QED) is 0.242. The summed E-state index contributed by atoms with van der Waals surface area (Å²) in [4.78, 5) is 23.4. The topological polar surface area (TPSA) is 89.5 Å². The molecule has 1 atom stereocenters. The van der Waals surface area contributed by atoms with Crippen LogP contribution in [0.5, 0.6) is 17.2 Å². The van der Waals surface area contributed by atoms with Gasteiger partial charge in [-0.25, -0.2) is 9.59 Å². The Morgan fingerprint density at radius 1 is 0.730 bits per heavy atom. The van der Waals surface area contributed by atoms with Crippen LogP contribution in [0.4, 0.5) is 0 Å². The first-order valence-corrected chi connectivity index (χ1v) is 11.8. The first-order valence-electron chi connectivity index (χ1n) is 11.8. The number of hydrogen-bond donors (Lipinski definition) is 0. The van der Waals surface area contributed by atoms with Gasteiger partial charge in [0.05, 0.1) is 40.1 Å². The highest BCUT2D eigenvalue weighted by molar-refractivity contribution is 5.90. The van der Waals surface area contributed by atoms with Crippen LogP contribution in [0.2, 0.25) is 0 Å². The zero-order valence-electron chi connectivity index (χ0n) is 21.5. The van der Waals surface area contributed by atoms with E-state index in [9.17, 15) is 9.59 Å². The van der Waals surface area contributed by atoms with Gasteiger partial charge in [-0.05, 0) is 53.1 Å². The summed E-state index contributed by atoms with van der Waals surface area (Å²) in [5.74, 6) is 1.17. The lowest BCUT2D eigenvalue weighted by Gasteiger charge is -2.15. The molecule has 3 rings (SSSR count). The second kappa shape index (κ2) is 13.9. The summed E-state index contributed by atoms with van der Waals surface area (Å²) in [6.45, 7) is 0.936. The molecule has 3 aromatic carbocycles. The van der Waals surface area contributed by atoms with E-state index >= 15 is 0 Å². The molecule has 8 nitrogen and oxygen atoms in total. The van der Waals surface area contributed by atoms with Gasteiger partial charge in [-0.15, -0.1) is 0 Å². The Morgan fingerprint density at radius 3 is 1.97 bits per heavy atom. The molecule has 0 aliphatic rings. The van der Waals surface area contributed by atoms with Crippen LogP contribution >= 0.6 is 0 Å². The largest absolute Gasteiger partial charge is 0.493 e. The highest BCUT2D eigenvalue weighted by atomic mass is 16.6. The lowest BCUT2D eigenvalue weighted by molar-refractivity contribution is -0.152. The number of benzene rings is 3. The van der Waals surface area contributed by atoms with Crippen molar-refractivity contribution in [3.63, 3.8) is 0 Å². The summed E-state index contributed by atoms with van der Waals surface area (Å²) in [7, 11) is 5.74. The molecule has 0 saturated heterocycles. The van der Waals surface area contributed by atoms with E-state index in [4.69, 9.17) is 28.4 Å². The minimum atomic E-state index is -0.681. The van der Waals surface area contributed by atoms with E-state index in [1.165, 1.54) is 21.3 Å². The molecule has 0 bridgehead atoms. The van der Waals surface area contributed by atoms with Gasteiger partial charge in [0.25, 0.3) is 0 Å². The normalized spacial score (nSPS) is 11.4. The van der Waals surface area contributed by atoms with E-state index in [1.54, 1.807) is 19.2 Å². The number of methoxy groups -OCH3 is 4. The molecule has 37 heavy (non-hydrogen) atoms. The Labute approximate surface area is 217 Å². The predicted octanol–water partition coefficient (Wildman–Crippen LogP) is 4.73. The van der Waals surface area contributed by atoms with E-state index in [1.807, 2.05) is 54.6 Å². The Balaban J connectivity index is 1.46. The Morgan fingerprint density at radius 2 is 1.38 bits per heavy atom. The molecule has 0 amide bonds. The van der Waals surface area contributed by atoms with Gasteiger partial charge in [0.2, 0.25) is 0 Å². The number of hydrogen-bond acceptors (Lipinski definition) is 8. The second-order valence-corrected chi connectivity index (χ2v) is 8.08. The third-order valence-electron chi connectivity index (χ3n) is 5.71. The number of rotatable bonds is 13. The summed E-state index contributed by atoms with van der Waals surface area (Å²) in [6, 6.07) is 20.5. The average Bonchev–Trinajstić information content (AvgIpc) is 2.95. The van der Waals surface area contributed by atoms with Gasteiger partial charge < -0.3 is 28.4 Å². The summed E-state index contributed by atoms with van der Waals surface area (Å²) >= 11 is 0. The average molecular weight is 509 g/mol. The maximum atomic E-state index is 11.8. The summed E-state index contributed by atoms with van der Waals surface area (Å²) in [5, 5.41) is 0. The van der Waals surface area contributed by atoms with Crippen molar-refractivity contribution in [1.82, 2.24) is 0 Å². The van der Waals surface area contributed by atoms with Gasteiger partial charge in [0, 0.05) is 20.0 Å². The summed E-state index contributed by atoms with van der Waals surface area (Å²) in [6.07, 6.45) is 0.362. The molecule has 0 spiro atoms. The van der Waals surface area contributed by atoms with Gasteiger partial charge in [0.1, 0.15) is 5.75 Å². The summed E-state index contributed by atoms with van der Waals surface area (Å²) < 4.78 is 31.9. The van der Waals surface area contributed by atoms with Gasteiger partial charge in [-0.1, -0.05) is 30.3 Å². The molecule has 0 N–H and O–H groups in total. The smallest absolute Gasteiger partial charge is 0.337 e. The molecule has 0 aromatic heterocycles. The number of carbonyl (C=O) groups is 2. The molecule has 196 valence electrons. The monoisotopic (exact) mass is 508 g/mol. The Hall–Kier alpha value is -4.04. The maximum absolute atomic E-state index is 11.8. The van der Waals surface area contributed by atoms with Crippen molar-refractivity contribution in [2.24, 2.45) is 0 Å². The van der Waals surface area contributed by atoms with Gasteiger partial charge in [-0.3, -0.25) is 0 Å². The fourth-order valence-electron chi connectivity index (χ4n) is 3.66. The van der Waals surface area contributed by atoms with Crippen LogP contribution in [0.1, 0.15) is 22.3 Å². The third-order valence-corrected chi connectivity index (χ3v) is 5.71. The Kier molecular flexibility index (Phi) is 10.3. The third kappa shape index (κ3) is 7.72. The van der Waals surface area contributed by atoms with E-state index in [0.29, 0.717) is 43.1 Å². The van der Waals surface area contributed by atoms with Crippen molar-refractivity contribution < 1.29 is 38.0 Å². The molecule has 0 aliphatic carbocycles. The molecule has 8 heteroatoms. The van der Waals surface area contributed by atoms with Crippen molar-refractivity contribution in [1.29, 1.82) is 0 Å². The van der Waals surface area contributed by atoms with Crippen LogP contribution in [0.3, 0.4) is 0 Å². The fraction of sp³-hybridized carbons (Fsp3) is 0.310. The molecule has 0 saturated carbocycles. The molecule has 0 aliphatic heterocycles. The Bertz CT molecular complexity index is 1160.